The van der Waals surface area contributed by atoms with Gasteiger partial charge in [-0.1, -0.05) is 54.2 Å². The van der Waals surface area contributed by atoms with Gasteiger partial charge in [0.25, 0.3) is 0 Å². The monoisotopic (exact) mass is 407 g/mol. The Hall–Kier alpha value is -3.06. The minimum atomic E-state index is -0.370. The molecule has 0 bridgehead atoms. The number of thioether (sulfide) groups is 1. The summed E-state index contributed by atoms with van der Waals surface area (Å²) in [6.07, 6.45) is 0.740. The lowest BCUT2D eigenvalue weighted by Crippen LogP contribution is -2.18. The molecule has 0 spiro atoms. The van der Waals surface area contributed by atoms with Crippen LogP contribution in [0.3, 0.4) is 0 Å². The van der Waals surface area contributed by atoms with Gasteiger partial charge in [0.2, 0.25) is 0 Å². The van der Waals surface area contributed by atoms with Gasteiger partial charge in [0.05, 0.1) is 0 Å². The van der Waals surface area contributed by atoms with Gasteiger partial charge in [0.15, 0.2) is 5.16 Å². The number of aromatic nitrogens is 3. The van der Waals surface area contributed by atoms with Crippen molar-refractivity contribution in [3.63, 3.8) is 0 Å². The molecule has 0 amide bonds. The number of hydrogen-bond donors (Lipinski definition) is 1. The van der Waals surface area contributed by atoms with Gasteiger partial charge >= 0.3 is 11.3 Å². The third-order valence-corrected chi connectivity index (χ3v) is 6.09. The van der Waals surface area contributed by atoms with Crippen molar-refractivity contribution >= 4 is 22.7 Å². The van der Waals surface area contributed by atoms with Crippen LogP contribution < -0.4 is 11.3 Å². The lowest BCUT2D eigenvalue weighted by Gasteiger charge is -2.09. The van der Waals surface area contributed by atoms with Gasteiger partial charge < -0.3 is 4.42 Å². The first-order valence-electron chi connectivity index (χ1n) is 9.38. The van der Waals surface area contributed by atoms with E-state index in [-0.39, 0.29) is 11.3 Å². The zero-order valence-corrected chi connectivity index (χ0v) is 17.1. The van der Waals surface area contributed by atoms with Gasteiger partial charge in [-0.3, -0.25) is 4.57 Å². The van der Waals surface area contributed by atoms with Crippen LogP contribution in [0.4, 0.5) is 0 Å². The lowest BCUT2D eigenvalue weighted by atomic mass is 10.0. The second kappa shape index (κ2) is 8.13. The Kier molecular flexibility index (Phi) is 5.40. The second-order valence-corrected chi connectivity index (χ2v) is 7.90. The minimum Gasteiger partial charge on any atom is -0.422 e. The number of aromatic amines is 1. The van der Waals surface area contributed by atoms with Gasteiger partial charge in [-0.2, -0.15) is 0 Å². The summed E-state index contributed by atoms with van der Waals surface area (Å²) in [4.78, 5) is 24.2. The molecule has 2 aromatic carbocycles. The molecule has 0 radical (unpaired) electrons. The number of aryl methyl sites for hydroxylation is 3. The van der Waals surface area contributed by atoms with Crippen LogP contribution in [0.5, 0.6) is 0 Å². The molecular weight excluding hydrogens is 386 g/mol. The smallest absolute Gasteiger partial charge is 0.343 e. The molecule has 1 N–H and O–H groups in total. The summed E-state index contributed by atoms with van der Waals surface area (Å²) in [5.41, 5.74) is 4.09. The average molecular weight is 407 g/mol. The normalized spacial score (nSPS) is 11.2. The summed E-state index contributed by atoms with van der Waals surface area (Å²) in [7, 11) is 0. The van der Waals surface area contributed by atoms with E-state index in [9.17, 15) is 9.59 Å². The lowest BCUT2D eigenvalue weighted by molar-refractivity contribution is 0.557. The summed E-state index contributed by atoms with van der Waals surface area (Å²) >= 11 is 1.43. The van der Waals surface area contributed by atoms with E-state index < -0.39 is 0 Å². The van der Waals surface area contributed by atoms with Crippen LogP contribution in [0, 0.1) is 13.8 Å². The molecule has 4 rings (SSSR count). The Labute approximate surface area is 171 Å². The summed E-state index contributed by atoms with van der Waals surface area (Å²) in [5.74, 6) is 0.514. The molecule has 148 valence electrons. The van der Waals surface area contributed by atoms with Gasteiger partial charge in [0, 0.05) is 23.8 Å². The Balaban J connectivity index is 1.58. The Morgan fingerprint density at radius 2 is 1.90 bits per heavy atom. The van der Waals surface area contributed by atoms with Crippen LogP contribution in [0.25, 0.3) is 11.0 Å². The molecule has 0 unspecified atom stereocenters. The predicted octanol–water partition coefficient (Wildman–Crippen LogP) is 3.83. The molecule has 0 atom stereocenters. The summed E-state index contributed by atoms with van der Waals surface area (Å²) in [6, 6.07) is 15.5. The number of H-pyrrole nitrogens is 1. The Bertz CT molecular complexity index is 1270. The number of nitrogens with zero attached hydrogens (tertiary/aromatic N) is 2. The highest BCUT2D eigenvalue weighted by Crippen LogP contribution is 2.27. The first kappa shape index (κ1) is 19.3. The summed E-state index contributed by atoms with van der Waals surface area (Å²) < 4.78 is 7.08. The Morgan fingerprint density at radius 1 is 1.10 bits per heavy atom. The minimum absolute atomic E-state index is 0.229. The number of fused-ring (bicyclic) bond motifs is 1. The number of hydrogen-bond acceptors (Lipinski definition) is 5. The van der Waals surface area contributed by atoms with Crippen molar-refractivity contribution in [2.45, 2.75) is 37.7 Å². The molecule has 6 nitrogen and oxygen atoms in total. The number of nitrogens with one attached hydrogen (secondary N) is 1. The maximum absolute atomic E-state index is 12.2. The van der Waals surface area contributed by atoms with Crippen molar-refractivity contribution in [2.75, 3.05) is 0 Å². The third kappa shape index (κ3) is 4.05. The summed E-state index contributed by atoms with van der Waals surface area (Å²) in [5, 5.41) is 8.21. The molecule has 7 heteroatoms. The molecule has 0 saturated carbocycles. The van der Waals surface area contributed by atoms with E-state index in [2.05, 4.69) is 10.2 Å². The molecule has 4 aromatic rings. The third-order valence-electron chi connectivity index (χ3n) is 5.06. The zero-order chi connectivity index (χ0) is 20.4. The van der Waals surface area contributed by atoms with E-state index in [1.165, 1.54) is 17.8 Å². The number of benzene rings is 2. The van der Waals surface area contributed by atoms with Crippen molar-refractivity contribution in [3.8, 4) is 0 Å². The van der Waals surface area contributed by atoms with Crippen LogP contribution in [-0.4, -0.2) is 14.8 Å². The molecule has 0 fully saturated rings. The molecule has 29 heavy (non-hydrogen) atoms. The Morgan fingerprint density at radius 3 is 2.69 bits per heavy atom. The highest BCUT2D eigenvalue weighted by molar-refractivity contribution is 7.98. The zero-order valence-electron chi connectivity index (χ0n) is 16.3. The molecule has 0 aliphatic rings. The first-order valence-corrected chi connectivity index (χ1v) is 10.4. The maximum Gasteiger partial charge on any atom is 0.343 e. The fraction of sp³-hybridized carbons (Fsp3) is 0.227. The molecule has 2 aromatic heterocycles. The molecule has 0 aliphatic carbocycles. The van der Waals surface area contributed by atoms with Crippen molar-refractivity contribution in [3.05, 3.63) is 91.7 Å². The maximum atomic E-state index is 12.2. The van der Waals surface area contributed by atoms with Gasteiger partial charge in [-0.25, -0.2) is 14.7 Å². The van der Waals surface area contributed by atoms with E-state index in [1.54, 1.807) is 4.57 Å². The van der Waals surface area contributed by atoms with E-state index in [1.807, 2.05) is 56.3 Å². The van der Waals surface area contributed by atoms with Crippen LogP contribution in [0.1, 0.15) is 22.3 Å². The fourth-order valence-corrected chi connectivity index (χ4v) is 4.25. The van der Waals surface area contributed by atoms with Crippen LogP contribution in [0.2, 0.25) is 0 Å². The van der Waals surface area contributed by atoms with Crippen LogP contribution in [-0.2, 0) is 18.7 Å². The predicted molar refractivity (Wildman–Crippen MR) is 115 cm³/mol. The fourth-order valence-electron chi connectivity index (χ4n) is 3.28. The molecule has 2 heterocycles. The highest BCUT2D eigenvalue weighted by atomic mass is 32.2. The second-order valence-electron chi connectivity index (χ2n) is 6.96. The van der Waals surface area contributed by atoms with Crippen LogP contribution in [0.15, 0.2) is 67.7 Å². The topological polar surface area (TPSA) is 80.9 Å². The van der Waals surface area contributed by atoms with E-state index in [4.69, 9.17) is 4.42 Å². The first-order chi connectivity index (χ1) is 14.0. The highest BCUT2D eigenvalue weighted by Gasteiger charge is 2.13. The van der Waals surface area contributed by atoms with Crippen molar-refractivity contribution < 1.29 is 4.42 Å². The molecule has 0 saturated heterocycles. The van der Waals surface area contributed by atoms with Crippen LogP contribution >= 0.6 is 11.8 Å². The van der Waals surface area contributed by atoms with Gasteiger partial charge in [-0.15, -0.1) is 5.10 Å². The standard InChI is InChI=1S/C22H21N3O3S/c1-14-8-9-18-17(12-19(26)28-20(18)15(14)2)13-29-22-24-23-21(27)25(22)11-10-16-6-4-3-5-7-16/h3-9,12H,10-11,13H2,1-2H3,(H,23,27). The average Bonchev–Trinajstić information content (AvgIpc) is 3.08. The van der Waals surface area contributed by atoms with Gasteiger partial charge in [-0.05, 0) is 42.5 Å². The van der Waals surface area contributed by atoms with E-state index >= 15 is 0 Å². The molecular formula is C22H21N3O3S. The number of rotatable bonds is 6. The summed E-state index contributed by atoms with van der Waals surface area (Å²) in [6.45, 7) is 4.48. The van der Waals surface area contributed by atoms with Crippen molar-refractivity contribution in [2.24, 2.45) is 0 Å². The van der Waals surface area contributed by atoms with Gasteiger partial charge in [0.1, 0.15) is 5.58 Å². The van der Waals surface area contributed by atoms with E-state index in [0.717, 1.165) is 34.1 Å². The quantitative estimate of drug-likeness (QED) is 0.388. The van der Waals surface area contributed by atoms with E-state index in [0.29, 0.717) is 23.0 Å². The largest absolute Gasteiger partial charge is 0.422 e. The van der Waals surface area contributed by atoms with Crippen molar-refractivity contribution in [1.82, 2.24) is 14.8 Å². The SMILES string of the molecule is Cc1ccc2c(CSc3n[nH]c(=O)n3CCc3ccccc3)cc(=O)oc2c1C. The van der Waals surface area contributed by atoms with Crippen molar-refractivity contribution in [1.29, 1.82) is 0 Å². The molecule has 0 aliphatic heterocycles.